The SMILES string of the molecule is CC(CNC(=O)C(Cl)c1ccccc1)C1CC1. The van der Waals surface area contributed by atoms with E-state index >= 15 is 0 Å². The molecular weight excluding hydrogens is 234 g/mol. The summed E-state index contributed by atoms with van der Waals surface area (Å²) in [4.78, 5) is 11.8. The quantitative estimate of drug-likeness (QED) is 0.801. The minimum Gasteiger partial charge on any atom is -0.354 e. The van der Waals surface area contributed by atoms with Gasteiger partial charge >= 0.3 is 0 Å². The summed E-state index contributed by atoms with van der Waals surface area (Å²) in [6.07, 6.45) is 2.61. The van der Waals surface area contributed by atoms with Crippen LogP contribution in [0.1, 0.15) is 30.7 Å². The van der Waals surface area contributed by atoms with Crippen molar-refractivity contribution in [3.8, 4) is 0 Å². The molecule has 0 spiro atoms. The van der Waals surface area contributed by atoms with Crippen LogP contribution in [-0.4, -0.2) is 12.5 Å². The monoisotopic (exact) mass is 251 g/mol. The molecule has 1 N–H and O–H groups in total. The first kappa shape index (κ1) is 12.4. The topological polar surface area (TPSA) is 29.1 Å². The minimum atomic E-state index is -0.581. The van der Waals surface area contributed by atoms with Gasteiger partial charge in [-0.25, -0.2) is 0 Å². The molecule has 0 heterocycles. The van der Waals surface area contributed by atoms with Gasteiger partial charge in [0, 0.05) is 6.54 Å². The molecule has 1 aromatic carbocycles. The summed E-state index contributed by atoms with van der Waals surface area (Å²) in [5.41, 5.74) is 0.853. The average molecular weight is 252 g/mol. The number of carbonyl (C=O) groups excluding carboxylic acids is 1. The van der Waals surface area contributed by atoms with Crippen LogP contribution in [0.15, 0.2) is 30.3 Å². The first-order chi connectivity index (χ1) is 8.18. The Balaban J connectivity index is 1.82. The van der Waals surface area contributed by atoms with Gasteiger partial charge in [0.2, 0.25) is 5.91 Å². The van der Waals surface area contributed by atoms with Crippen LogP contribution in [0.4, 0.5) is 0 Å². The fourth-order valence-electron chi connectivity index (χ4n) is 1.96. The molecule has 1 amide bonds. The van der Waals surface area contributed by atoms with Gasteiger partial charge in [0.25, 0.3) is 0 Å². The Morgan fingerprint density at radius 2 is 2.06 bits per heavy atom. The molecule has 0 aliphatic heterocycles. The van der Waals surface area contributed by atoms with E-state index in [2.05, 4.69) is 12.2 Å². The van der Waals surface area contributed by atoms with Gasteiger partial charge in [-0.05, 0) is 30.2 Å². The molecule has 17 heavy (non-hydrogen) atoms. The maximum Gasteiger partial charge on any atom is 0.242 e. The molecule has 0 bridgehead atoms. The van der Waals surface area contributed by atoms with Crippen LogP contribution in [0, 0.1) is 11.8 Å². The molecule has 92 valence electrons. The summed E-state index contributed by atoms with van der Waals surface area (Å²) in [5, 5.41) is 2.35. The van der Waals surface area contributed by atoms with Crippen LogP contribution in [0.2, 0.25) is 0 Å². The molecule has 0 aromatic heterocycles. The lowest BCUT2D eigenvalue weighted by molar-refractivity contribution is -0.121. The molecule has 3 heteroatoms. The van der Waals surface area contributed by atoms with Crippen molar-refractivity contribution in [3.63, 3.8) is 0 Å². The van der Waals surface area contributed by atoms with E-state index in [1.165, 1.54) is 12.8 Å². The van der Waals surface area contributed by atoms with Gasteiger partial charge in [0.1, 0.15) is 5.38 Å². The number of rotatable bonds is 5. The zero-order valence-corrected chi connectivity index (χ0v) is 10.8. The third-order valence-electron chi connectivity index (χ3n) is 3.35. The highest BCUT2D eigenvalue weighted by Crippen LogP contribution is 2.36. The molecule has 0 radical (unpaired) electrons. The van der Waals surface area contributed by atoms with Gasteiger partial charge in [-0.3, -0.25) is 4.79 Å². The van der Waals surface area contributed by atoms with E-state index in [0.29, 0.717) is 5.92 Å². The van der Waals surface area contributed by atoms with Crippen molar-refractivity contribution in [1.82, 2.24) is 5.32 Å². The first-order valence-corrected chi connectivity index (χ1v) is 6.59. The van der Waals surface area contributed by atoms with Crippen LogP contribution >= 0.6 is 11.6 Å². The van der Waals surface area contributed by atoms with Crippen LogP contribution in [0.3, 0.4) is 0 Å². The van der Waals surface area contributed by atoms with Crippen LogP contribution in [0.25, 0.3) is 0 Å². The van der Waals surface area contributed by atoms with Crippen molar-refractivity contribution >= 4 is 17.5 Å². The molecule has 2 atom stereocenters. The zero-order chi connectivity index (χ0) is 12.3. The maximum atomic E-state index is 11.8. The van der Waals surface area contributed by atoms with Gasteiger partial charge < -0.3 is 5.32 Å². The lowest BCUT2D eigenvalue weighted by Gasteiger charge is -2.14. The molecule has 0 saturated heterocycles. The van der Waals surface area contributed by atoms with E-state index in [-0.39, 0.29) is 5.91 Å². The predicted molar refractivity (Wildman–Crippen MR) is 69.9 cm³/mol. The molecule has 2 nitrogen and oxygen atoms in total. The van der Waals surface area contributed by atoms with Crippen LogP contribution in [-0.2, 0) is 4.79 Å². The van der Waals surface area contributed by atoms with Gasteiger partial charge in [-0.15, -0.1) is 11.6 Å². The molecule has 1 saturated carbocycles. The number of alkyl halides is 1. The summed E-state index contributed by atoms with van der Waals surface area (Å²) in [6.45, 7) is 2.92. The second-order valence-corrected chi connectivity index (χ2v) is 5.27. The predicted octanol–water partition coefficient (Wildman–Crippen LogP) is 3.13. The smallest absolute Gasteiger partial charge is 0.242 e. The van der Waals surface area contributed by atoms with Crippen molar-refractivity contribution in [2.24, 2.45) is 11.8 Å². The number of nitrogens with one attached hydrogen (secondary N) is 1. The third-order valence-corrected chi connectivity index (χ3v) is 3.80. The number of halogens is 1. The second-order valence-electron chi connectivity index (χ2n) is 4.83. The van der Waals surface area contributed by atoms with Crippen molar-refractivity contribution in [2.75, 3.05) is 6.54 Å². The molecule has 1 aromatic rings. The number of hydrogen-bond donors (Lipinski definition) is 1. The van der Waals surface area contributed by atoms with Gasteiger partial charge in [0.15, 0.2) is 0 Å². The Labute approximate surface area is 107 Å². The summed E-state index contributed by atoms with van der Waals surface area (Å²) in [5.74, 6) is 1.28. The minimum absolute atomic E-state index is 0.0923. The standard InChI is InChI=1S/C14H18ClNO/c1-10(11-7-8-11)9-16-14(17)13(15)12-5-3-2-4-6-12/h2-6,10-11,13H,7-9H2,1H3,(H,16,17). The third kappa shape index (κ3) is 3.47. The van der Waals surface area contributed by atoms with Crippen molar-refractivity contribution < 1.29 is 4.79 Å². The fourth-order valence-corrected chi connectivity index (χ4v) is 2.18. The van der Waals surface area contributed by atoms with Crippen molar-refractivity contribution in [3.05, 3.63) is 35.9 Å². The molecule has 1 aliphatic rings. The van der Waals surface area contributed by atoms with E-state index in [0.717, 1.165) is 18.0 Å². The molecule has 1 fully saturated rings. The Kier molecular flexibility index (Phi) is 4.06. The zero-order valence-electron chi connectivity index (χ0n) is 10.0. The summed E-state index contributed by atoms with van der Waals surface area (Å²) in [7, 11) is 0. The first-order valence-electron chi connectivity index (χ1n) is 6.15. The normalized spacial score (nSPS) is 18.5. The van der Waals surface area contributed by atoms with Crippen molar-refractivity contribution in [1.29, 1.82) is 0 Å². The van der Waals surface area contributed by atoms with Gasteiger partial charge in [-0.2, -0.15) is 0 Å². The summed E-state index contributed by atoms with van der Waals surface area (Å²) in [6, 6.07) is 9.46. The fraction of sp³-hybridized carbons (Fsp3) is 0.500. The molecule has 1 aliphatic carbocycles. The summed E-state index contributed by atoms with van der Waals surface area (Å²) < 4.78 is 0. The number of hydrogen-bond acceptors (Lipinski definition) is 1. The highest BCUT2D eigenvalue weighted by molar-refractivity contribution is 6.30. The highest BCUT2D eigenvalue weighted by Gasteiger charge is 2.28. The van der Waals surface area contributed by atoms with Gasteiger partial charge in [0.05, 0.1) is 0 Å². The Bertz CT molecular complexity index is 375. The largest absolute Gasteiger partial charge is 0.354 e. The lowest BCUT2D eigenvalue weighted by atomic mass is 10.1. The molecule has 2 unspecified atom stereocenters. The maximum absolute atomic E-state index is 11.8. The number of benzene rings is 1. The van der Waals surface area contributed by atoms with Crippen molar-refractivity contribution in [2.45, 2.75) is 25.1 Å². The van der Waals surface area contributed by atoms with E-state index < -0.39 is 5.38 Å². The molecular formula is C14H18ClNO. The van der Waals surface area contributed by atoms with Crippen LogP contribution in [0.5, 0.6) is 0 Å². The number of carbonyl (C=O) groups is 1. The Morgan fingerprint density at radius 1 is 1.41 bits per heavy atom. The average Bonchev–Trinajstić information content (AvgIpc) is 3.20. The number of amides is 1. The summed E-state index contributed by atoms with van der Waals surface area (Å²) >= 11 is 6.12. The van der Waals surface area contributed by atoms with Crippen LogP contribution < -0.4 is 5.32 Å². The second kappa shape index (κ2) is 5.54. The highest BCUT2D eigenvalue weighted by atomic mass is 35.5. The van der Waals surface area contributed by atoms with E-state index in [1.807, 2.05) is 30.3 Å². The lowest BCUT2D eigenvalue weighted by Crippen LogP contribution is -2.31. The van der Waals surface area contributed by atoms with E-state index in [4.69, 9.17) is 11.6 Å². The Hall–Kier alpha value is -1.02. The van der Waals surface area contributed by atoms with E-state index in [1.54, 1.807) is 0 Å². The molecule has 2 rings (SSSR count). The van der Waals surface area contributed by atoms with Gasteiger partial charge in [-0.1, -0.05) is 37.3 Å². The van der Waals surface area contributed by atoms with E-state index in [9.17, 15) is 4.79 Å². The Morgan fingerprint density at radius 3 is 2.65 bits per heavy atom.